The van der Waals surface area contributed by atoms with Gasteiger partial charge in [0.25, 0.3) is 5.91 Å². The maximum absolute atomic E-state index is 14.9. The smallest absolute Gasteiger partial charge is 0.333 e. The van der Waals surface area contributed by atoms with Crippen molar-refractivity contribution in [3.05, 3.63) is 95.3 Å². The van der Waals surface area contributed by atoms with E-state index in [1.165, 1.54) is 36.6 Å². The number of anilines is 1. The third-order valence-electron chi connectivity index (χ3n) is 7.25. The van der Waals surface area contributed by atoms with Gasteiger partial charge in [-0.15, -0.1) is 0 Å². The fraction of sp³-hybridized carbons (Fsp3) is 0.241. The number of pyridine rings is 1. The van der Waals surface area contributed by atoms with E-state index in [2.05, 4.69) is 15.1 Å². The zero-order chi connectivity index (χ0) is 28.2. The molecule has 0 N–H and O–H groups in total. The number of aryl methyl sites for hydroxylation is 2. The summed E-state index contributed by atoms with van der Waals surface area (Å²) in [6.07, 6.45) is 5.46. The summed E-state index contributed by atoms with van der Waals surface area (Å²) in [6.45, 7) is 2.41. The molecular weight excluding hydrogens is 524 g/mol. The second-order valence-corrected chi connectivity index (χ2v) is 9.86. The summed E-state index contributed by atoms with van der Waals surface area (Å²) < 4.78 is 59.7. The lowest BCUT2D eigenvalue weighted by molar-refractivity contribution is -0.140. The van der Waals surface area contributed by atoms with Crippen LogP contribution in [0.5, 0.6) is 0 Å². The summed E-state index contributed by atoms with van der Waals surface area (Å²) in [5.74, 6) is -0.807. The molecule has 1 amide bonds. The normalized spacial score (nSPS) is 13.8. The number of halogens is 4. The van der Waals surface area contributed by atoms with Crippen molar-refractivity contribution in [1.29, 1.82) is 0 Å². The highest BCUT2D eigenvalue weighted by atomic mass is 19.4. The fourth-order valence-corrected chi connectivity index (χ4v) is 5.40. The molecule has 5 aromatic rings. The standard InChI is InChI=1S/C29H24F4N6O/c1-3-17-8-21-23(25(30)11-17)12-35-13-26(21)39-6-4-19-20(24-15-37(2)36-27(24)29(31,32)33)9-18(10-22(19)28(39)40)14-38-7-5-34-16-38/h5,7-13,15-16H,3-4,6,14H2,1-2H3. The van der Waals surface area contributed by atoms with Gasteiger partial charge in [0.2, 0.25) is 0 Å². The Hall–Kier alpha value is -4.54. The number of imidazole rings is 1. The first-order chi connectivity index (χ1) is 19.1. The van der Waals surface area contributed by atoms with Crippen molar-refractivity contribution < 1.29 is 22.4 Å². The molecule has 204 valence electrons. The molecule has 0 radical (unpaired) electrons. The summed E-state index contributed by atoms with van der Waals surface area (Å²) in [4.78, 5) is 23.8. The molecule has 0 saturated heterocycles. The van der Waals surface area contributed by atoms with Crippen LogP contribution in [-0.4, -0.2) is 36.8 Å². The second-order valence-electron chi connectivity index (χ2n) is 9.86. The molecule has 0 aliphatic carbocycles. The first kappa shape index (κ1) is 25.7. The highest BCUT2D eigenvalue weighted by molar-refractivity contribution is 6.13. The molecule has 1 aliphatic heterocycles. The number of carbonyl (C=O) groups excluding carboxylic acids is 1. The topological polar surface area (TPSA) is 68.8 Å². The number of aromatic nitrogens is 5. The predicted molar refractivity (Wildman–Crippen MR) is 141 cm³/mol. The van der Waals surface area contributed by atoms with E-state index in [1.807, 2.05) is 13.0 Å². The highest BCUT2D eigenvalue weighted by Gasteiger charge is 2.39. The molecule has 6 rings (SSSR count). The average molecular weight is 549 g/mol. The van der Waals surface area contributed by atoms with Crippen LogP contribution in [0.1, 0.15) is 39.7 Å². The quantitative estimate of drug-likeness (QED) is 0.260. The molecular formula is C29H24F4N6O. The van der Waals surface area contributed by atoms with Crippen LogP contribution in [0.15, 0.2) is 61.6 Å². The van der Waals surface area contributed by atoms with Crippen LogP contribution in [0.3, 0.4) is 0 Å². The Labute approximate surface area is 226 Å². The molecule has 0 unspecified atom stereocenters. The van der Waals surface area contributed by atoms with Gasteiger partial charge < -0.3 is 9.47 Å². The summed E-state index contributed by atoms with van der Waals surface area (Å²) >= 11 is 0. The van der Waals surface area contributed by atoms with E-state index < -0.39 is 17.7 Å². The van der Waals surface area contributed by atoms with Crippen molar-refractivity contribution in [2.75, 3.05) is 11.4 Å². The molecule has 0 atom stereocenters. The largest absolute Gasteiger partial charge is 0.435 e. The monoisotopic (exact) mass is 548 g/mol. The van der Waals surface area contributed by atoms with E-state index >= 15 is 0 Å². The number of amides is 1. The number of hydrogen-bond donors (Lipinski definition) is 0. The molecule has 1 aliphatic rings. The molecule has 7 nitrogen and oxygen atoms in total. The van der Waals surface area contributed by atoms with Crippen LogP contribution >= 0.6 is 0 Å². The maximum atomic E-state index is 14.9. The molecule has 0 saturated carbocycles. The lowest BCUT2D eigenvalue weighted by Crippen LogP contribution is -2.38. The van der Waals surface area contributed by atoms with Crippen LogP contribution in [0, 0.1) is 5.82 Å². The van der Waals surface area contributed by atoms with Crippen molar-refractivity contribution in [3.63, 3.8) is 0 Å². The van der Waals surface area contributed by atoms with Gasteiger partial charge in [-0.05, 0) is 59.4 Å². The number of rotatable bonds is 5. The Morgan fingerprint density at radius 1 is 0.975 bits per heavy atom. The number of hydrogen-bond acceptors (Lipinski definition) is 4. The molecule has 40 heavy (non-hydrogen) atoms. The van der Waals surface area contributed by atoms with Gasteiger partial charge in [-0.25, -0.2) is 9.37 Å². The Morgan fingerprint density at radius 2 is 1.77 bits per heavy atom. The summed E-state index contributed by atoms with van der Waals surface area (Å²) in [5, 5.41) is 4.55. The van der Waals surface area contributed by atoms with Crippen molar-refractivity contribution in [1.82, 2.24) is 24.3 Å². The maximum Gasteiger partial charge on any atom is 0.435 e. The second kappa shape index (κ2) is 9.58. The summed E-state index contributed by atoms with van der Waals surface area (Å²) in [7, 11) is 1.44. The van der Waals surface area contributed by atoms with E-state index in [1.54, 1.807) is 35.4 Å². The summed E-state index contributed by atoms with van der Waals surface area (Å²) in [6, 6.07) is 6.72. The number of nitrogens with zero attached hydrogens (tertiary/aromatic N) is 6. The predicted octanol–water partition coefficient (Wildman–Crippen LogP) is 5.80. The van der Waals surface area contributed by atoms with Gasteiger partial charge in [0.1, 0.15) is 5.82 Å². The zero-order valence-electron chi connectivity index (χ0n) is 21.7. The van der Waals surface area contributed by atoms with Gasteiger partial charge >= 0.3 is 6.18 Å². The number of alkyl halides is 3. The molecule has 0 bridgehead atoms. The first-order valence-corrected chi connectivity index (χ1v) is 12.7. The van der Waals surface area contributed by atoms with E-state index in [-0.39, 0.29) is 18.0 Å². The van der Waals surface area contributed by atoms with Crippen LogP contribution < -0.4 is 4.90 Å². The van der Waals surface area contributed by atoms with Crippen LogP contribution in [0.25, 0.3) is 21.9 Å². The van der Waals surface area contributed by atoms with Crippen LogP contribution in [0.2, 0.25) is 0 Å². The van der Waals surface area contributed by atoms with Gasteiger partial charge in [-0.1, -0.05) is 6.92 Å². The van der Waals surface area contributed by atoms with Gasteiger partial charge in [0, 0.05) is 66.8 Å². The Morgan fingerprint density at radius 3 is 2.50 bits per heavy atom. The van der Waals surface area contributed by atoms with Crippen molar-refractivity contribution in [2.45, 2.75) is 32.5 Å². The van der Waals surface area contributed by atoms with E-state index in [9.17, 15) is 22.4 Å². The number of carbonyl (C=O) groups is 1. The van der Waals surface area contributed by atoms with Crippen LogP contribution in [-0.2, 0) is 32.6 Å². The van der Waals surface area contributed by atoms with Gasteiger partial charge in [-0.2, -0.15) is 18.3 Å². The Kier molecular flexibility index (Phi) is 6.16. The third kappa shape index (κ3) is 4.41. The molecule has 11 heteroatoms. The third-order valence-corrected chi connectivity index (χ3v) is 7.25. The molecule has 0 spiro atoms. The highest BCUT2D eigenvalue weighted by Crippen LogP contribution is 2.41. The minimum atomic E-state index is -4.68. The lowest BCUT2D eigenvalue weighted by Gasteiger charge is -2.31. The Bertz CT molecular complexity index is 1760. The SMILES string of the molecule is CCc1cc(F)c2cncc(N3CCc4c(cc(Cn5ccnc5)cc4-c4cn(C)nc4C(F)(F)F)C3=O)c2c1. The molecule has 4 heterocycles. The fourth-order valence-electron chi connectivity index (χ4n) is 5.40. The van der Waals surface area contributed by atoms with Crippen LogP contribution in [0.4, 0.5) is 23.2 Å². The average Bonchev–Trinajstić information content (AvgIpc) is 3.58. The molecule has 3 aromatic heterocycles. The van der Waals surface area contributed by atoms with E-state index in [0.29, 0.717) is 58.1 Å². The number of fused-ring (bicyclic) bond motifs is 2. The van der Waals surface area contributed by atoms with Gasteiger partial charge in [0.15, 0.2) is 5.69 Å². The minimum Gasteiger partial charge on any atom is -0.333 e. The van der Waals surface area contributed by atoms with Crippen molar-refractivity contribution >= 4 is 22.4 Å². The van der Waals surface area contributed by atoms with E-state index in [0.717, 1.165) is 10.2 Å². The number of benzene rings is 2. The minimum absolute atomic E-state index is 0.0820. The van der Waals surface area contributed by atoms with Gasteiger partial charge in [-0.3, -0.25) is 14.5 Å². The summed E-state index contributed by atoms with van der Waals surface area (Å²) in [5.41, 5.74) is 1.91. The van der Waals surface area contributed by atoms with E-state index in [4.69, 9.17) is 0 Å². The molecule has 2 aromatic carbocycles. The van der Waals surface area contributed by atoms with Crippen molar-refractivity contribution in [3.8, 4) is 11.1 Å². The Balaban J connectivity index is 1.53. The van der Waals surface area contributed by atoms with Crippen molar-refractivity contribution in [2.24, 2.45) is 7.05 Å². The lowest BCUT2D eigenvalue weighted by atomic mass is 9.87. The van der Waals surface area contributed by atoms with Gasteiger partial charge in [0.05, 0.1) is 18.2 Å². The molecule has 0 fully saturated rings. The zero-order valence-corrected chi connectivity index (χ0v) is 21.7. The first-order valence-electron chi connectivity index (χ1n) is 12.7.